The van der Waals surface area contributed by atoms with Gasteiger partial charge in [0.25, 0.3) is 5.56 Å². The van der Waals surface area contributed by atoms with E-state index in [-0.39, 0.29) is 11.1 Å². The van der Waals surface area contributed by atoms with Crippen molar-refractivity contribution >= 4 is 16.9 Å². The van der Waals surface area contributed by atoms with Gasteiger partial charge in [-0.15, -0.1) is 0 Å². The number of carboxylic acid groups (broad SMARTS) is 1. The fraction of sp³-hybridized carbons (Fsp3) is 0.200. The quantitative estimate of drug-likeness (QED) is 0.857. The van der Waals surface area contributed by atoms with Crippen molar-refractivity contribution in [3.05, 3.63) is 58.4 Å². The van der Waals surface area contributed by atoms with Crippen LogP contribution in [0.4, 0.5) is 0 Å². The van der Waals surface area contributed by atoms with Crippen LogP contribution in [-0.2, 0) is 6.54 Å². The third kappa shape index (κ3) is 2.42. The zero-order chi connectivity index (χ0) is 14.0. The first-order valence-corrected chi connectivity index (χ1v) is 6.07. The second-order valence-corrected chi connectivity index (χ2v) is 4.41. The Hall–Kier alpha value is -2.36. The summed E-state index contributed by atoms with van der Waals surface area (Å²) in [6.45, 7) is 6.28. The number of hydrogen-bond acceptors (Lipinski definition) is 2. The van der Waals surface area contributed by atoms with E-state index in [1.54, 1.807) is 28.8 Å². The van der Waals surface area contributed by atoms with Gasteiger partial charge in [0.2, 0.25) is 0 Å². The van der Waals surface area contributed by atoms with E-state index in [0.29, 0.717) is 17.4 Å². The van der Waals surface area contributed by atoms with Crippen LogP contribution in [0.5, 0.6) is 0 Å². The first kappa shape index (κ1) is 13.1. The van der Waals surface area contributed by atoms with Gasteiger partial charge in [-0.2, -0.15) is 0 Å². The average molecular weight is 257 g/mol. The monoisotopic (exact) mass is 257 g/mol. The summed E-state index contributed by atoms with van der Waals surface area (Å²) in [7, 11) is 0. The van der Waals surface area contributed by atoms with E-state index < -0.39 is 5.97 Å². The predicted octanol–water partition coefficient (Wildman–Crippen LogP) is 2.67. The van der Waals surface area contributed by atoms with Gasteiger partial charge in [-0.25, -0.2) is 4.79 Å². The maximum Gasteiger partial charge on any atom is 0.336 e. The van der Waals surface area contributed by atoms with Crippen LogP contribution in [0, 0.1) is 0 Å². The van der Waals surface area contributed by atoms with E-state index >= 15 is 0 Å². The van der Waals surface area contributed by atoms with E-state index in [1.807, 2.05) is 6.92 Å². The highest BCUT2D eigenvalue weighted by atomic mass is 16.4. The van der Waals surface area contributed by atoms with Gasteiger partial charge >= 0.3 is 5.97 Å². The van der Waals surface area contributed by atoms with Crippen molar-refractivity contribution in [3.63, 3.8) is 0 Å². The summed E-state index contributed by atoms with van der Waals surface area (Å²) in [6, 6.07) is 8.19. The zero-order valence-corrected chi connectivity index (χ0v) is 10.7. The number of pyridine rings is 1. The number of carbonyl (C=O) groups is 1. The second-order valence-electron chi connectivity index (χ2n) is 4.41. The van der Waals surface area contributed by atoms with E-state index in [9.17, 15) is 9.59 Å². The Morgan fingerprint density at radius 2 is 2.05 bits per heavy atom. The summed E-state index contributed by atoms with van der Waals surface area (Å²) in [6.07, 6.45) is 0.779. The molecule has 0 aliphatic heterocycles. The van der Waals surface area contributed by atoms with Gasteiger partial charge in [-0.05, 0) is 12.5 Å². The minimum absolute atomic E-state index is 0.0407. The highest BCUT2D eigenvalue weighted by molar-refractivity contribution is 6.02. The van der Waals surface area contributed by atoms with Gasteiger partial charge in [0.05, 0.1) is 11.1 Å². The Morgan fingerprint density at radius 3 is 2.68 bits per heavy atom. The van der Waals surface area contributed by atoms with E-state index in [4.69, 9.17) is 5.11 Å². The van der Waals surface area contributed by atoms with Crippen molar-refractivity contribution in [3.8, 4) is 0 Å². The van der Waals surface area contributed by atoms with Crippen molar-refractivity contribution in [1.29, 1.82) is 0 Å². The molecule has 98 valence electrons. The summed E-state index contributed by atoms with van der Waals surface area (Å²) in [5.74, 6) is -1.09. The van der Waals surface area contributed by atoms with Crippen LogP contribution in [0.2, 0.25) is 0 Å². The molecule has 19 heavy (non-hydrogen) atoms. The molecule has 0 amide bonds. The van der Waals surface area contributed by atoms with E-state index in [0.717, 1.165) is 12.0 Å². The summed E-state index contributed by atoms with van der Waals surface area (Å²) in [5, 5.41) is 9.73. The molecule has 0 bridgehead atoms. The number of fused-ring (bicyclic) bond motifs is 1. The van der Waals surface area contributed by atoms with Crippen LogP contribution in [-0.4, -0.2) is 15.6 Å². The van der Waals surface area contributed by atoms with Gasteiger partial charge < -0.3 is 9.67 Å². The molecule has 0 aliphatic rings. The topological polar surface area (TPSA) is 59.3 Å². The Balaban J connectivity index is 2.76. The van der Waals surface area contributed by atoms with E-state index in [2.05, 4.69) is 6.58 Å². The van der Waals surface area contributed by atoms with Crippen LogP contribution in [0.15, 0.2) is 47.3 Å². The van der Waals surface area contributed by atoms with Crippen LogP contribution in [0.3, 0.4) is 0 Å². The fourth-order valence-electron chi connectivity index (χ4n) is 2.01. The third-order valence-electron chi connectivity index (χ3n) is 3.13. The van der Waals surface area contributed by atoms with Crippen molar-refractivity contribution in [1.82, 2.24) is 4.57 Å². The standard InChI is InChI=1S/C15H15NO3/c1-3-10(2)9-16-13-7-5-4-6-11(13)12(15(18)19)8-14(16)17/h4-8H,2-3,9H2,1H3,(H,18,19). The molecule has 0 radical (unpaired) electrons. The lowest BCUT2D eigenvalue weighted by atomic mass is 10.1. The van der Waals surface area contributed by atoms with Crippen molar-refractivity contribution < 1.29 is 9.90 Å². The predicted molar refractivity (Wildman–Crippen MR) is 74.6 cm³/mol. The first-order chi connectivity index (χ1) is 9.04. The molecule has 4 nitrogen and oxygen atoms in total. The Bertz CT molecular complexity index is 713. The molecule has 1 heterocycles. The molecule has 1 aromatic heterocycles. The lowest BCUT2D eigenvalue weighted by Crippen LogP contribution is -2.22. The molecule has 0 unspecified atom stereocenters. The van der Waals surface area contributed by atoms with E-state index in [1.165, 1.54) is 6.07 Å². The molecule has 0 spiro atoms. The SMILES string of the molecule is C=C(CC)Cn1c(=O)cc(C(=O)O)c2ccccc21. The fourth-order valence-corrected chi connectivity index (χ4v) is 2.01. The normalized spacial score (nSPS) is 10.6. The second kappa shape index (κ2) is 5.10. The smallest absolute Gasteiger partial charge is 0.336 e. The largest absolute Gasteiger partial charge is 0.478 e. The molecule has 0 aliphatic carbocycles. The zero-order valence-electron chi connectivity index (χ0n) is 10.7. The molecule has 0 fully saturated rings. The lowest BCUT2D eigenvalue weighted by Gasteiger charge is -2.12. The van der Waals surface area contributed by atoms with Gasteiger partial charge in [-0.1, -0.05) is 37.3 Å². The minimum Gasteiger partial charge on any atom is -0.478 e. The van der Waals surface area contributed by atoms with Gasteiger partial charge in [-0.3, -0.25) is 4.79 Å². The number of para-hydroxylation sites is 1. The van der Waals surface area contributed by atoms with Gasteiger partial charge in [0, 0.05) is 18.0 Å². The van der Waals surface area contributed by atoms with Crippen molar-refractivity contribution in [2.24, 2.45) is 0 Å². The van der Waals surface area contributed by atoms with Crippen LogP contribution in [0.1, 0.15) is 23.7 Å². The molecule has 2 rings (SSSR count). The molecule has 2 aromatic rings. The van der Waals surface area contributed by atoms with Gasteiger partial charge in [0.15, 0.2) is 0 Å². The number of aromatic carboxylic acids is 1. The maximum absolute atomic E-state index is 12.1. The molecule has 1 N–H and O–H groups in total. The Labute approximate surface area is 110 Å². The number of carboxylic acids is 1. The number of aromatic nitrogens is 1. The number of nitrogens with zero attached hydrogens (tertiary/aromatic N) is 1. The van der Waals surface area contributed by atoms with Crippen molar-refractivity contribution in [2.75, 3.05) is 0 Å². The molecule has 0 saturated carbocycles. The first-order valence-electron chi connectivity index (χ1n) is 6.07. The maximum atomic E-state index is 12.1. The Kier molecular flexibility index (Phi) is 3.51. The number of benzene rings is 1. The molecule has 0 atom stereocenters. The third-order valence-corrected chi connectivity index (χ3v) is 3.13. The molecule has 0 saturated heterocycles. The summed E-state index contributed by atoms with van der Waals surface area (Å²) < 4.78 is 1.56. The number of allylic oxidation sites excluding steroid dienone is 1. The summed E-state index contributed by atoms with van der Waals surface area (Å²) >= 11 is 0. The number of rotatable bonds is 4. The minimum atomic E-state index is -1.09. The number of hydrogen-bond donors (Lipinski definition) is 1. The van der Waals surface area contributed by atoms with Crippen LogP contribution < -0.4 is 5.56 Å². The Morgan fingerprint density at radius 1 is 1.37 bits per heavy atom. The highest BCUT2D eigenvalue weighted by Crippen LogP contribution is 2.18. The van der Waals surface area contributed by atoms with Crippen molar-refractivity contribution in [2.45, 2.75) is 19.9 Å². The van der Waals surface area contributed by atoms with Gasteiger partial charge in [0.1, 0.15) is 0 Å². The molecule has 1 aromatic carbocycles. The molecular formula is C15H15NO3. The summed E-state index contributed by atoms with van der Waals surface area (Å²) in [5.41, 5.74) is 1.28. The van der Waals surface area contributed by atoms with Crippen LogP contribution >= 0.6 is 0 Å². The lowest BCUT2D eigenvalue weighted by molar-refractivity contribution is 0.0698. The highest BCUT2D eigenvalue weighted by Gasteiger charge is 2.13. The molecular weight excluding hydrogens is 242 g/mol. The summed E-state index contributed by atoms with van der Waals surface area (Å²) in [4.78, 5) is 23.3. The average Bonchev–Trinajstić information content (AvgIpc) is 2.41. The molecule has 4 heteroatoms. The van der Waals surface area contributed by atoms with Crippen LogP contribution in [0.25, 0.3) is 10.9 Å².